The zero-order valence-electron chi connectivity index (χ0n) is 13.5. The van der Waals surface area contributed by atoms with Gasteiger partial charge in [0.15, 0.2) is 0 Å². The fraction of sp³-hybridized carbons (Fsp3) is 0.812. The van der Waals surface area contributed by atoms with Crippen molar-refractivity contribution in [2.75, 3.05) is 19.6 Å². The third-order valence-corrected chi connectivity index (χ3v) is 5.63. The highest BCUT2D eigenvalue weighted by atomic mass is 16.2. The molecular weight excluding hydrogens is 278 g/mol. The average Bonchev–Trinajstić information content (AvgIpc) is 2.97. The Morgan fingerprint density at radius 3 is 2.64 bits per heavy atom. The van der Waals surface area contributed by atoms with E-state index < -0.39 is 0 Å². The predicted octanol–water partition coefficient (Wildman–Crippen LogP) is 1.13. The van der Waals surface area contributed by atoms with Crippen LogP contribution in [-0.4, -0.2) is 45.2 Å². The number of carbonyl (C=O) groups is 1. The number of hydrogen-bond donors (Lipinski definition) is 1. The van der Waals surface area contributed by atoms with Gasteiger partial charge in [0.1, 0.15) is 11.6 Å². The lowest BCUT2D eigenvalue weighted by Gasteiger charge is -2.32. The number of amides is 1. The Labute approximate surface area is 131 Å². The zero-order valence-corrected chi connectivity index (χ0v) is 13.5. The van der Waals surface area contributed by atoms with Crippen molar-refractivity contribution in [3.63, 3.8) is 0 Å². The van der Waals surface area contributed by atoms with Crippen molar-refractivity contribution in [2.24, 2.45) is 11.3 Å². The topological polar surface area (TPSA) is 63.1 Å². The summed E-state index contributed by atoms with van der Waals surface area (Å²) in [5, 5.41) is 12.1. The minimum atomic E-state index is 0.229. The summed E-state index contributed by atoms with van der Waals surface area (Å²) in [6.45, 7) is 8.91. The van der Waals surface area contributed by atoms with E-state index in [0.717, 1.165) is 63.6 Å². The van der Waals surface area contributed by atoms with Gasteiger partial charge in [-0.05, 0) is 24.7 Å². The number of piperidine rings is 1. The van der Waals surface area contributed by atoms with Gasteiger partial charge < -0.3 is 14.8 Å². The summed E-state index contributed by atoms with van der Waals surface area (Å²) in [4.78, 5) is 14.6. The van der Waals surface area contributed by atoms with E-state index in [1.54, 1.807) is 0 Å². The molecule has 1 aromatic rings. The van der Waals surface area contributed by atoms with Gasteiger partial charge in [-0.2, -0.15) is 0 Å². The first kappa shape index (κ1) is 14.2. The van der Waals surface area contributed by atoms with Gasteiger partial charge in [0.25, 0.3) is 0 Å². The van der Waals surface area contributed by atoms with Crippen molar-refractivity contribution in [2.45, 2.75) is 52.1 Å². The Bertz CT molecular complexity index is 585. The Balaban J connectivity index is 1.40. The van der Waals surface area contributed by atoms with Gasteiger partial charge in [0.05, 0.1) is 6.54 Å². The predicted molar refractivity (Wildman–Crippen MR) is 82.2 cm³/mol. The lowest BCUT2D eigenvalue weighted by atomic mass is 9.95. The molecule has 1 unspecified atom stereocenters. The molecule has 6 heteroatoms. The molecule has 0 spiro atoms. The molecule has 120 valence electrons. The van der Waals surface area contributed by atoms with E-state index in [9.17, 15) is 4.79 Å². The number of carbonyl (C=O) groups excluding carboxylic acids is 1. The van der Waals surface area contributed by atoms with Crippen LogP contribution in [0.15, 0.2) is 0 Å². The lowest BCUT2D eigenvalue weighted by molar-refractivity contribution is -0.134. The van der Waals surface area contributed by atoms with E-state index in [1.807, 2.05) is 0 Å². The van der Waals surface area contributed by atoms with Crippen LogP contribution in [0.25, 0.3) is 0 Å². The quantitative estimate of drug-likeness (QED) is 0.890. The number of nitrogens with zero attached hydrogens (tertiary/aromatic N) is 4. The maximum Gasteiger partial charge on any atom is 0.226 e. The van der Waals surface area contributed by atoms with Crippen molar-refractivity contribution in [1.29, 1.82) is 0 Å². The Morgan fingerprint density at radius 2 is 1.95 bits per heavy atom. The molecule has 0 radical (unpaired) electrons. The third-order valence-electron chi connectivity index (χ3n) is 5.63. The Hall–Kier alpha value is -1.43. The summed E-state index contributed by atoms with van der Waals surface area (Å²) in [7, 11) is 0. The van der Waals surface area contributed by atoms with Crippen LogP contribution in [0.4, 0.5) is 0 Å². The average molecular weight is 303 g/mol. The smallest absolute Gasteiger partial charge is 0.226 e. The molecule has 6 nitrogen and oxygen atoms in total. The maximum atomic E-state index is 12.5. The molecule has 0 aromatic carbocycles. The summed E-state index contributed by atoms with van der Waals surface area (Å²) in [5.41, 5.74) is 0.229. The summed E-state index contributed by atoms with van der Waals surface area (Å²) >= 11 is 0. The number of rotatable bonds is 2. The molecule has 3 heterocycles. The van der Waals surface area contributed by atoms with Crippen molar-refractivity contribution >= 4 is 5.91 Å². The van der Waals surface area contributed by atoms with Crippen molar-refractivity contribution in [3.05, 3.63) is 11.6 Å². The first-order valence-corrected chi connectivity index (χ1v) is 8.48. The lowest BCUT2D eigenvalue weighted by Crippen LogP contribution is -2.40. The van der Waals surface area contributed by atoms with Crippen molar-refractivity contribution in [1.82, 2.24) is 25.0 Å². The zero-order chi connectivity index (χ0) is 15.3. The number of aromatic nitrogens is 3. The largest absolute Gasteiger partial charge is 0.342 e. The summed E-state index contributed by atoms with van der Waals surface area (Å²) in [6, 6.07) is 0. The maximum absolute atomic E-state index is 12.5. The fourth-order valence-corrected chi connectivity index (χ4v) is 3.88. The number of fused-ring (bicyclic) bond motifs is 1. The van der Waals surface area contributed by atoms with Crippen LogP contribution in [0.5, 0.6) is 0 Å². The molecule has 3 aliphatic rings. The molecule has 4 rings (SSSR count). The van der Waals surface area contributed by atoms with E-state index in [-0.39, 0.29) is 11.3 Å². The van der Waals surface area contributed by atoms with Gasteiger partial charge in [-0.3, -0.25) is 4.79 Å². The fourth-order valence-electron chi connectivity index (χ4n) is 3.88. The van der Waals surface area contributed by atoms with Gasteiger partial charge in [-0.25, -0.2) is 0 Å². The summed E-state index contributed by atoms with van der Waals surface area (Å²) in [5.74, 6) is 3.28. The standard InChI is InChI=1S/C16H25N5O/c1-16(2)9-12(16)15(22)20-6-3-11(4-7-20)14-19-18-13-10-17-5-8-21(13)14/h11-12,17H,3-10H2,1-2H3. The number of likely N-dealkylation sites (tertiary alicyclic amines) is 1. The molecule has 1 N–H and O–H groups in total. The van der Waals surface area contributed by atoms with E-state index in [1.165, 1.54) is 0 Å². The van der Waals surface area contributed by atoms with Crippen LogP contribution in [0.1, 0.15) is 50.7 Å². The molecule has 1 amide bonds. The van der Waals surface area contributed by atoms with E-state index in [2.05, 4.69) is 38.8 Å². The van der Waals surface area contributed by atoms with Crippen LogP contribution < -0.4 is 5.32 Å². The molecule has 0 bridgehead atoms. The van der Waals surface area contributed by atoms with Crippen LogP contribution in [0, 0.1) is 11.3 Å². The van der Waals surface area contributed by atoms with Crippen LogP contribution >= 0.6 is 0 Å². The van der Waals surface area contributed by atoms with E-state index >= 15 is 0 Å². The van der Waals surface area contributed by atoms with Gasteiger partial charge in [-0.1, -0.05) is 13.8 Å². The first-order valence-electron chi connectivity index (χ1n) is 8.48. The van der Waals surface area contributed by atoms with Gasteiger partial charge in [0, 0.05) is 38.0 Å². The number of hydrogen-bond acceptors (Lipinski definition) is 4. The monoisotopic (exact) mass is 303 g/mol. The molecule has 1 saturated carbocycles. The van der Waals surface area contributed by atoms with Gasteiger partial charge in [0.2, 0.25) is 5.91 Å². The Morgan fingerprint density at radius 1 is 1.23 bits per heavy atom. The molecule has 1 aromatic heterocycles. The summed E-state index contributed by atoms with van der Waals surface area (Å²) < 4.78 is 2.28. The summed E-state index contributed by atoms with van der Waals surface area (Å²) in [6.07, 6.45) is 3.09. The third kappa shape index (κ3) is 2.33. The molecule has 22 heavy (non-hydrogen) atoms. The molecule has 1 saturated heterocycles. The van der Waals surface area contributed by atoms with Crippen LogP contribution in [-0.2, 0) is 17.9 Å². The second kappa shape index (κ2) is 5.05. The minimum Gasteiger partial charge on any atom is -0.342 e. The molecule has 2 fully saturated rings. The van der Waals surface area contributed by atoms with Crippen molar-refractivity contribution in [3.8, 4) is 0 Å². The Kier molecular flexibility index (Phi) is 3.25. The molecule has 1 atom stereocenters. The van der Waals surface area contributed by atoms with E-state index in [0.29, 0.717) is 11.8 Å². The van der Waals surface area contributed by atoms with E-state index in [4.69, 9.17) is 0 Å². The van der Waals surface area contributed by atoms with Gasteiger partial charge >= 0.3 is 0 Å². The molecule has 1 aliphatic carbocycles. The normalized spacial score (nSPS) is 27.5. The molecule has 2 aliphatic heterocycles. The minimum absolute atomic E-state index is 0.229. The van der Waals surface area contributed by atoms with Gasteiger partial charge in [-0.15, -0.1) is 10.2 Å². The van der Waals surface area contributed by atoms with Crippen LogP contribution in [0.2, 0.25) is 0 Å². The number of nitrogens with one attached hydrogen (secondary N) is 1. The van der Waals surface area contributed by atoms with Crippen LogP contribution in [0.3, 0.4) is 0 Å². The highest BCUT2D eigenvalue weighted by Gasteiger charge is 2.52. The highest BCUT2D eigenvalue weighted by Crippen LogP contribution is 2.52. The highest BCUT2D eigenvalue weighted by molar-refractivity contribution is 5.82. The first-order chi connectivity index (χ1) is 10.6. The second-order valence-electron chi connectivity index (χ2n) is 7.65. The molecular formula is C16H25N5O. The second-order valence-corrected chi connectivity index (χ2v) is 7.65. The SMILES string of the molecule is CC1(C)CC1C(=O)N1CCC(c2nnc3n2CCNC3)CC1. The van der Waals surface area contributed by atoms with Crippen molar-refractivity contribution < 1.29 is 4.79 Å².